The van der Waals surface area contributed by atoms with Crippen molar-refractivity contribution in [2.24, 2.45) is 0 Å². The van der Waals surface area contributed by atoms with Crippen LogP contribution in [0.3, 0.4) is 0 Å². The number of para-hydroxylation sites is 2. The summed E-state index contributed by atoms with van der Waals surface area (Å²) in [5.74, 6) is 0. The Bertz CT molecular complexity index is 3320. The quantitative estimate of drug-likeness (QED) is 0.167. The Kier molecular flexibility index (Phi) is 5.60. The van der Waals surface area contributed by atoms with Crippen molar-refractivity contribution in [2.45, 2.75) is 19.3 Å². The number of benzene rings is 9. The largest absolute Gasteiger partial charge is 0.456 e. The van der Waals surface area contributed by atoms with Crippen LogP contribution in [0.4, 0.5) is 0 Å². The topological polar surface area (TPSA) is 18.1 Å². The van der Waals surface area contributed by atoms with E-state index in [1.54, 1.807) is 0 Å². The monoisotopic (exact) mass is 675 g/mol. The fourth-order valence-electron chi connectivity index (χ4n) is 9.58. The first-order chi connectivity index (χ1) is 26.0. The van der Waals surface area contributed by atoms with E-state index in [9.17, 15) is 0 Å². The molecule has 0 aliphatic heterocycles. The Labute approximate surface area is 306 Å². The van der Waals surface area contributed by atoms with Gasteiger partial charge in [0.05, 0.1) is 11.0 Å². The van der Waals surface area contributed by atoms with Gasteiger partial charge in [0.1, 0.15) is 11.2 Å². The minimum absolute atomic E-state index is 0.178. The predicted molar refractivity (Wildman–Crippen MR) is 224 cm³/mol. The van der Waals surface area contributed by atoms with E-state index in [0.29, 0.717) is 0 Å². The normalized spacial score (nSPS) is 13.6. The molecule has 0 unspecified atom stereocenters. The van der Waals surface area contributed by atoms with E-state index in [4.69, 9.17) is 4.42 Å². The summed E-state index contributed by atoms with van der Waals surface area (Å²) in [6, 6.07) is 60.5. The zero-order valence-electron chi connectivity index (χ0n) is 29.4. The zero-order chi connectivity index (χ0) is 35.0. The molecule has 0 saturated carbocycles. The molecule has 1 aliphatic rings. The summed E-state index contributed by atoms with van der Waals surface area (Å²) in [5, 5.41) is 12.7. The fraction of sp³-hybridized carbons (Fsp3) is 0.0588. The highest BCUT2D eigenvalue weighted by Gasteiger charge is 2.37. The Hall–Kier alpha value is -6.64. The van der Waals surface area contributed by atoms with Crippen molar-refractivity contribution in [1.29, 1.82) is 0 Å². The lowest BCUT2D eigenvalue weighted by Crippen LogP contribution is -2.15. The van der Waals surface area contributed by atoms with E-state index in [1.165, 1.54) is 98.3 Å². The minimum atomic E-state index is -0.178. The summed E-state index contributed by atoms with van der Waals surface area (Å²) < 4.78 is 8.81. The molecule has 2 heterocycles. The third-order valence-corrected chi connectivity index (χ3v) is 12.2. The standard InChI is InChI=1S/C51H33NO/c1-51(2)45-28-48-43(26-41(45)42-27-44-39-16-8-10-18-49(39)53-50(44)29-46(42)51)38-15-7-9-17-47(38)52(48)32-22-19-30(20-23-32)31-21-24-37-35-13-4-3-11-33(35)34-12-5-6-14-36(34)40(37)25-31/h3-29H,1-2H3. The Morgan fingerprint density at radius 3 is 1.64 bits per heavy atom. The van der Waals surface area contributed by atoms with Crippen LogP contribution in [0.15, 0.2) is 168 Å². The van der Waals surface area contributed by atoms with Gasteiger partial charge in [-0.15, -0.1) is 0 Å². The second kappa shape index (κ2) is 10.2. The molecule has 9 aromatic carbocycles. The van der Waals surface area contributed by atoms with Crippen molar-refractivity contribution in [3.8, 4) is 27.9 Å². The molecule has 53 heavy (non-hydrogen) atoms. The van der Waals surface area contributed by atoms with Gasteiger partial charge >= 0.3 is 0 Å². The van der Waals surface area contributed by atoms with Crippen molar-refractivity contribution in [1.82, 2.24) is 4.57 Å². The van der Waals surface area contributed by atoms with E-state index >= 15 is 0 Å². The number of nitrogens with zero attached hydrogens (tertiary/aromatic N) is 1. The van der Waals surface area contributed by atoms with E-state index in [-0.39, 0.29) is 5.41 Å². The van der Waals surface area contributed by atoms with Gasteiger partial charge in [-0.1, -0.05) is 123 Å². The summed E-state index contributed by atoms with van der Waals surface area (Å²) in [6.45, 7) is 4.71. The SMILES string of the molecule is CC1(C)c2cc3oc4ccccc4c3cc2-c2cc3c4ccccc4n(-c4ccc(-c5ccc6c7ccccc7c7ccccc7c6c5)cc4)c3cc21. The van der Waals surface area contributed by atoms with Gasteiger partial charge in [0.25, 0.3) is 0 Å². The lowest BCUT2D eigenvalue weighted by Gasteiger charge is -2.21. The van der Waals surface area contributed by atoms with Crippen molar-refractivity contribution in [3.63, 3.8) is 0 Å². The van der Waals surface area contributed by atoms with Gasteiger partial charge in [-0.25, -0.2) is 0 Å². The van der Waals surface area contributed by atoms with Gasteiger partial charge in [-0.2, -0.15) is 0 Å². The van der Waals surface area contributed by atoms with Gasteiger partial charge in [0, 0.05) is 32.6 Å². The summed E-state index contributed by atoms with van der Waals surface area (Å²) in [4.78, 5) is 0. The van der Waals surface area contributed by atoms with Crippen molar-refractivity contribution in [3.05, 3.63) is 175 Å². The minimum Gasteiger partial charge on any atom is -0.456 e. The highest BCUT2D eigenvalue weighted by Crippen LogP contribution is 2.53. The van der Waals surface area contributed by atoms with E-state index in [0.717, 1.165) is 16.9 Å². The summed E-state index contributed by atoms with van der Waals surface area (Å²) in [6.07, 6.45) is 0. The molecule has 2 heteroatoms. The lowest BCUT2D eigenvalue weighted by atomic mass is 9.82. The molecular formula is C51H33NO. The van der Waals surface area contributed by atoms with Crippen LogP contribution in [0, 0.1) is 0 Å². The molecule has 0 spiro atoms. The van der Waals surface area contributed by atoms with Crippen LogP contribution in [0.1, 0.15) is 25.0 Å². The van der Waals surface area contributed by atoms with E-state index in [1.807, 2.05) is 6.07 Å². The molecule has 0 amide bonds. The molecule has 0 radical (unpaired) electrons. The number of aromatic nitrogens is 1. The Morgan fingerprint density at radius 1 is 0.377 bits per heavy atom. The van der Waals surface area contributed by atoms with Crippen molar-refractivity contribution >= 4 is 76.1 Å². The van der Waals surface area contributed by atoms with Crippen LogP contribution in [0.25, 0.3) is 104 Å². The van der Waals surface area contributed by atoms with Crippen LogP contribution in [0.5, 0.6) is 0 Å². The first-order valence-corrected chi connectivity index (χ1v) is 18.5. The van der Waals surface area contributed by atoms with Gasteiger partial charge in [-0.3, -0.25) is 0 Å². The lowest BCUT2D eigenvalue weighted by molar-refractivity contribution is 0.647. The smallest absolute Gasteiger partial charge is 0.135 e. The molecule has 2 aromatic heterocycles. The predicted octanol–water partition coefficient (Wildman–Crippen LogP) is 14.1. The Balaban J connectivity index is 1.02. The molecule has 248 valence electrons. The summed E-state index contributed by atoms with van der Waals surface area (Å²) >= 11 is 0. The number of rotatable bonds is 2. The first-order valence-electron chi connectivity index (χ1n) is 18.5. The van der Waals surface area contributed by atoms with E-state index < -0.39 is 0 Å². The fourth-order valence-corrected chi connectivity index (χ4v) is 9.58. The van der Waals surface area contributed by atoms with Crippen LogP contribution >= 0.6 is 0 Å². The van der Waals surface area contributed by atoms with Crippen LogP contribution in [-0.4, -0.2) is 4.57 Å². The van der Waals surface area contributed by atoms with Gasteiger partial charge in [0.2, 0.25) is 0 Å². The molecule has 0 atom stereocenters. The average molecular weight is 676 g/mol. The molecule has 11 aromatic rings. The molecule has 12 rings (SSSR count). The Morgan fingerprint density at radius 2 is 0.925 bits per heavy atom. The third kappa shape index (κ3) is 3.87. The summed E-state index contributed by atoms with van der Waals surface area (Å²) in [7, 11) is 0. The number of hydrogen-bond donors (Lipinski definition) is 0. The maximum Gasteiger partial charge on any atom is 0.135 e. The molecule has 0 saturated heterocycles. The highest BCUT2D eigenvalue weighted by molar-refractivity contribution is 6.25. The van der Waals surface area contributed by atoms with Crippen LogP contribution < -0.4 is 0 Å². The molecular weight excluding hydrogens is 643 g/mol. The molecule has 1 aliphatic carbocycles. The molecule has 0 fully saturated rings. The number of furan rings is 1. The number of fused-ring (bicyclic) bond motifs is 15. The second-order valence-electron chi connectivity index (χ2n) is 15.3. The average Bonchev–Trinajstić information content (AvgIpc) is 3.81. The van der Waals surface area contributed by atoms with Crippen LogP contribution in [-0.2, 0) is 5.41 Å². The number of hydrogen-bond acceptors (Lipinski definition) is 1. The van der Waals surface area contributed by atoms with E-state index in [2.05, 4.69) is 176 Å². The van der Waals surface area contributed by atoms with Crippen molar-refractivity contribution in [2.75, 3.05) is 0 Å². The van der Waals surface area contributed by atoms with Gasteiger partial charge < -0.3 is 8.98 Å². The van der Waals surface area contributed by atoms with Gasteiger partial charge in [-0.05, 0) is 120 Å². The third-order valence-electron chi connectivity index (χ3n) is 12.2. The van der Waals surface area contributed by atoms with Crippen molar-refractivity contribution < 1.29 is 4.42 Å². The second-order valence-corrected chi connectivity index (χ2v) is 15.3. The van der Waals surface area contributed by atoms with Gasteiger partial charge in [0.15, 0.2) is 0 Å². The molecule has 2 nitrogen and oxygen atoms in total. The molecule has 0 bridgehead atoms. The molecule has 0 N–H and O–H groups in total. The summed E-state index contributed by atoms with van der Waals surface area (Å²) in [5.41, 5.74) is 13.1. The maximum absolute atomic E-state index is 6.36. The zero-order valence-corrected chi connectivity index (χ0v) is 29.4. The maximum atomic E-state index is 6.36. The van der Waals surface area contributed by atoms with Crippen LogP contribution in [0.2, 0.25) is 0 Å². The highest BCUT2D eigenvalue weighted by atomic mass is 16.3. The first kappa shape index (κ1) is 29.0.